The summed E-state index contributed by atoms with van der Waals surface area (Å²) in [7, 11) is 5.97. The summed E-state index contributed by atoms with van der Waals surface area (Å²) >= 11 is 0. The molecule has 4 nitrogen and oxygen atoms in total. The monoisotopic (exact) mass is 291 g/mol. The Balaban J connectivity index is 2.04. The van der Waals surface area contributed by atoms with E-state index in [4.69, 9.17) is 10.5 Å². The zero-order valence-electron chi connectivity index (χ0n) is 13.7. The van der Waals surface area contributed by atoms with Crippen molar-refractivity contribution < 1.29 is 4.74 Å². The van der Waals surface area contributed by atoms with Crippen molar-refractivity contribution in [1.29, 1.82) is 0 Å². The largest absolute Gasteiger partial charge is 0.497 e. The SMILES string of the molecule is COc1ccc(C(N)C(C)N2CCCC2CN(C)C)cc1. The fraction of sp³-hybridized carbons (Fsp3) is 0.647. The molecule has 1 aromatic carbocycles. The first-order valence-corrected chi connectivity index (χ1v) is 7.83. The Labute approximate surface area is 128 Å². The van der Waals surface area contributed by atoms with Crippen LogP contribution >= 0.6 is 0 Å². The maximum absolute atomic E-state index is 6.51. The van der Waals surface area contributed by atoms with Crippen LogP contribution in [0.2, 0.25) is 0 Å². The van der Waals surface area contributed by atoms with Crippen LogP contribution in [0.4, 0.5) is 0 Å². The second kappa shape index (κ2) is 7.25. The first-order chi connectivity index (χ1) is 10.0. The number of nitrogens with two attached hydrogens (primary N) is 1. The lowest BCUT2D eigenvalue weighted by Gasteiger charge is -2.35. The molecule has 4 heteroatoms. The molecule has 0 aromatic heterocycles. The summed E-state index contributed by atoms with van der Waals surface area (Å²) in [5.41, 5.74) is 7.69. The number of likely N-dealkylation sites (tertiary alicyclic amines) is 1. The highest BCUT2D eigenvalue weighted by Gasteiger charge is 2.31. The number of likely N-dealkylation sites (N-methyl/N-ethyl adjacent to an activating group) is 1. The summed E-state index contributed by atoms with van der Waals surface area (Å²) in [5, 5.41) is 0. The summed E-state index contributed by atoms with van der Waals surface area (Å²) in [4.78, 5) is 4.85. The highest BCUT2D eigenvalue weighted by atomic mass is 16.5. The molecule has 2 N–H and O–H groups in total. The predicted octanol–water partition coefficient (Wildman–Crippen LogP) is 2.11. The zero-order valence-corrected chi connectivity index (χ0v) is 13.7. The Hall–Kier alpha value is -1.10. The van der Waals surface area contributed by atoms with Crippen molar-refractivity contribution in [3.05, 3.63) is 29.8 Å². The van der Waals surface area contributed by atoms with Crippen LogP contribution in [0.5, 0.6) is 5.75 Å². The summed E-state index contributed by atoms with van der Waals surface area (Å²) in [6.07, 6.45) is 2.55. The number of rotatable bonds is 6. The minimum absolute atomic E-state index is 0.0404. The van der Waals surface area contributed by atoms with Gasteiger partial charge in [0.1, 0.15) is 5.75 Å². The van der Waals surface area contributed by atoms with Gasteiger partial charge in [-0.15, -0.1) is 0 Å². The molecule has 118 valence electrons. The van der Waals surface area contributed by atoms with Gasteiger partial charge >= 0.3 is 0 Å². The van der Waals surface area contributed by atoms with Gasteiger partial charge in [0.05, 0.1) is 7.11 Å². The molecule has 1 aliphatic rings. The Morgan fingerprint density at radius 2 is 2.00 bits per heavy atom. The van der Waals surface area contributed by atoms with E-state index in [0.717, 1.165) is 18.8 Å². The second-order valence-corrected chi connectivity index (χ2v) is 6.34. The summed E-state index contributed by atoms with van der Waals surface area (Å²) in [6.45, 7) is 4.52. The van der Waals surface area contributed by atoms with Gasteiger partial charge in [0, 0.05) is 24.7 Å². The maximum atomic E-state index is 6.51. The Morgan fingerprint density at radius 1 is 1.33 bits per heavy atom. The highest BCUT2D eigenvalue weighted by molar-refractivity contribution is 5.29. The number of methoxy groups -OCH3 is 1. The van der Waals surface area contributed by atoms with Gasteiger partial charge in [-0.2, -0.15) is 0 Å². The minimum Gasteiger partial charge on any atom is -0.497 e. The summed E-state index contributed by atoms with van der Waals surface area (Å²) in [6, 6.07) is 9.16. The molecule has 0 bridgehead atoms. The first-order valence-electron chi connectivity index (χ1n) is 7.83. The molecule has 1 saturated heterocycles. The molecule has 0 spiro atoms. The van der Waals surface area contributed by atoms with Crippen LogP contribution < -0.4 is 10.5 Å². The average Bonchev–Trinajstić information content (AvgIpc) is 2.93. The Bertz CT molecular complexity index is 432. The molecule has 1 aromatic rings. The van der Waals surface area contributed by atoms with Crippen LogP contribution in [0, 0.1) is 0 Å². The maximum Gasteiger partial charge on any atom is 0.118 e. The lowest BCUT2D eigenvalue weighted by atomic mass is 9.99. The van der Waals surface area contributed by atoms with Crippen molar-refractivity contribution in [2.45, 2.75) is 37.9 Å². The molecule has 2 rings (SSSR count). The Kier molecular flexibility index (Phi) is 5.62. The Morgan fingerprint density at radius 3 is 2.57 bits per heavy atom. The van der Waals surface area contributed by atoms with Crippen molar-refractivity contribution in [3.8, 4) is 5.75 Å². The van der Waals surface area contributed by atoms with Gasteiger partial charge in [-0.25, -0.2) is 0 Å². The number of nitrogens with zero attached hydrogens (tertiary/aromatic N) is 2. The van der Waals surface area contributed by atoms with Gasteiger partial charge in [-0.1, -0.05) is 12.1 Å². The molecule has 0 saturated carbocycles. The van der Waals surface area contributed by atoms with E-state index < -0.39 is 0 Å². The van der Waals surface area contributed by atoms with E-state index in [0.29, 0.717) is 12.1 Å². The number of ether oxygens (including phenoxy) is 1. The minimum atomic E-state index is 0.0404. The number of hydrogen-bond donors (Lipinski definition) is 1. The van der Waals surface area contributed by atoms with Crippen LogP contribution in [0.1, 0.15) is 31.4 Å². The van der Waals surface area contributed by atoms with Crippen LogP contribution in [-0.2, 0) is 0 Å². The molecule has 0 amide bonds. The van der Waals surface area contributed by atoms with Crippen LogP contribution in [0.15, 0.2) is 24.3 Å². The molecule has 1 fully saturated rings. The molecule has 0 aliphatic carbocycles. The molecular formula is C17H29N3O. The average molecular weight is 291 g/mol. The van der Waals surface area contributed by atoms with Gasteiger partial charge in [0.15, 0.2) is 0 Å². The smallest absolute Gasteiger partial charge is 0.118 e. The molecule has 0 radical (unpaired) electrons. The predicted molar refractivity (Wildman–Crippen MR) is 87.7 cm³/mol. The van der Waals surface area contributed by atoms with E-state index in [1.54, 1.807) is 7.11 Å². The number of benzene rings is 1. The van der Waals surface area contributed by atoms with Crippen molar-refractivity contribution >= 4 is 0 Å². The molecule has 1 aliphatic heterocycles. The van der Waals surface area contributed by atoms with E-state index in [1.165, 1.54) is 18.4 Å². The van der Waals surface area contributed by atoms with Gasteiger partial charge in [0.25, 0.3) is 0 Å². The molecule has 21 heavy (non-hydrogen) atoms. The third-order valence-corrected chi connectivity index (χ3v) is 4.54. The van der Waals surface area contributed by atoms with E-state index in [2.05, 4.69) is 43.0 Å². The quantitative estimate of drug-likeness (QED) is 0.871. The van der Waals surface area contributed by atoms with Crippen molar-refractivity contribution in [2.24, 2.45) is 5.73 Å². The normalized spacial score (nSPS) is 22.5. The van der Waals surface area contributed by atoms with Crippen LogP contribution in [0.25, 0.3) is 0 Å². The van der Waals surface area contributed by atoms with E-state index in [9.17, 15) is 0 Å². The lowest BCUT2D eigenvalue weighted by molar-refractivity contribution is 0.144. The third-order valence-electron chi connectivity index (χ3n) is 4.54. The summed E-state index contributed by atoms with van der Waals surface area (Å²) in [5.74, 6) is 0.880. The van der Waals surface area contributed by atoms with E-state index in [1.807, 2.05) is 12.1 Å². The highest BCUT2D eigenvalue weighted by Crippen LogP contribution is 2.27. The van der Waals surface area contributed by atoms with E-state index in [-0.39, 0.29) is 6.04 Å². The zero-order chi connectivity index (χ0) is 15.4. The van der Waals surface area contributed by atoms with E-state index >= 15 is 0 Å². The van der Waals surface area contributed by atoms with Gasteiger partial charge in [0.2, 0.25) is 0 Å². The lowest BCUT2D eigenvalue weighted by Crippen LogP contribution is -2.46. The molecule has 1 heterocycles. The van der Waals surface area contributed by atoms with Crippen molar-refractivity contribution in [2.75, 3.05) is 34.3 Å². The van der Waals surface area contributed by atoms with Crippen LogP contribution in [0.3, 0.4) is 0 Å². The van der Waals surface area contributed by atoms with Gasteiger partial charge < -0.3 is 15.4 Å². The molecule has 3 atom stereocenters. The fourth-order valence-corrected chi connectivity index (χ4v) is 3.32. The standard InChI is InChI=1S/C17H29N3O/c1-13(20-11-5-6-15(20)12-19(2)3)17(18)14-7-9-16(21-4)10-8-14/h7-10,13,15,17H,5-6,11-12,18H2,1-4H3. The van der Waals surface area contributed by atoms with Crippen molar-refractivity contribution in [3.63, 3.8) is 0 Å². The molecule has 3 unspecified atom stereocenters. The summed E-state index contributed by atoms with van der Waals surface area (Å²) < 4.78 is 5.21. The van der Waals surface area contributed by atoms with Gasteiger partial charge in [-0.3, -0.25) is 4.90 Å². The topological polar surface area (TPSA) is 41.7 Å². The molecular weight excluding hydrogens is 262 g/mol. The first kappa shape index (κ1) is 16.3. The van der Waals surface area contributed by atoms with Crippen LogP contribution in [-0.4, -0.2) is 56.2 Å². The van der Waals surface area contributed by atoms with Gasteiger partial charge in [-0.05, 0) is 58.1 Å². The van der Waals surface area contributed by atoms with Crippen molar-refractivity contribution in [1.82, 2.24) is 9.80 Å². The second-order valence-electron chi connectivity index (χ2n) is 6.34. The third kappa shape index (κ3) is 3.96. The fourth-order valence-electron chi connectivity index (χ4n) is 3.32. The number of hydrogen-bond acceptors (Lipinski definition) is 4.